The summed E-state index contributed by atoms with van der Waals surface area (Å²) in [5.74, 6) is 0.113. The molecule has 0 aliphatic carbocycles. The maximum Gasteiger partial charge on any atom is 0.267 e. The highest BCUT2D eigenvalue weighted by molar-refractivity contribution is 7.15. The van der Waals surface area contributed by atoms with Crippen molar-refractivity contribution in [2.24, 2.45) is 0 Å². The monoisotopic (exact) mass is 459 g/mol. The number of imidazole rings is 1. The third-order valence-corrected chi connectivity index (χ3v) is 6.11. The zero-order chi connectivity index (χ0) is 23.1. The number of aromatic nitrogens is 6. The van der Waals surface area contributed by atoms with Crippen molar-refractivity contribution in [3.05, 3.63) is 82.0 Å². The van der Waals surface area contributed by atoms with E-state index in [0.29, 0.717) is 11.5 Å². The van der Waals surface area contributed by atoms with E-state index in [0.717, 1.165) is 27.6 Å². The molecule has 33 heavy (non-hydrogen) atoms. The topological polar surface area (TPSA) is 99.1 Å². The Kier molecular flexibility index (Phi) is 5.14. The molecular weight excluding hydrogens is 438 g/mol. The van der Waals surface area contributed by atoms with Gasteiger partial charge in [-0.05, 0) is 39.0 Å². The van der Waals surface area contributed by atoms with Gasteiger partial charge in [0.1, 0.15) is 6.04 Å². The van der Waals surface area contributed by atoms with Crippen LogP contribution in [0.4, 0.5) is 5.69 Å². The molecule has 0 fully saturated rings. The Hall–Kier alpha value is -4.05. The largest absolute Gasteiger partial charge is 0.324 e. The summed E-state index contributed by atoms with van der Waals surface area (Å²) in [4.78, 5) is 31.2. The minimum atomic E-state index is -0.840. The lowest BCUT2D eigenvalue weighted by molar-refractivity contribution is -0.119. The van der Waals surface area contributed by atoms with E-state index < -0.39 is 6.04 Å². The second-order valence-electron chi connectivity index (χ2n) is 7.74. The second-order valence-corrected chi connectivity index (χ2v) is 8.62. The van der Waals surface area contributed by atoms with E-state index >= 15 is 0 Å². The molecule has 10 heteroatoms. The SMILES string of the molecule is Cc1cc(C)n(-c2ccc(=O)n(C(C)C(=O)Nc3ccccc3-c3cn4ccsc4n3)n2)n1. The lowest BCUT2D eigenvalue weighted by Crippen LogP contribution is -2.33. The van der Waals surface area contributed by atoms with Gasteiger partial charge >= 0.3 is 0 Å². The molecule has 5 rings (SSSR count). The van der Waals surface area contributed by atoms with Crippen LogP contribution in [0.15, 0.2) is 65.0 Å². The van der Waals surface area contributed by atoms with E-state index in [1.165, 1.54) is 22.1 Å². The molecule has 166 valence electrons. The van der Waals surface area contributed by atoms with E-state index in [4.69, 9.17) is 0 Å². The summed E-state index contributed by atoms with van der Waals surface area (Å²) in [6.45, 7) is 5.44. The molecule has 0 radical (unpaired) electrons. The number of nitrogens with zero attached hydrogens (tertiary/aromatic N) is 6. The van der Waals surface area contributed by atoms with E-state index in [9.17, 15) is 9.59 Å². The average molecular weight is 460 g/mol. The van der Waals surface area contributed by atoms with Gasteiger partial charge in [0.2, 0.25) is 5.91 Å². The minimum Gasteiger partial charge on any atom is -0.324 e. The van der Waals surface area contributed by atoms with Gasteiger partial charge in [-0.15, -0.1) is 16.4 Å². The first-order valence-electron chi connectivity index (χ1n) is 10.4. The molecule has 1 aromatic carbocycles. The summed E-state index contributed by atoms with van der Waals surface area (Å²) >= 11 is 1.54. The number of hydrogen-bond acceptors (Lipinski definition) is 6. The van der Waals surface area contributed by atoms with Gasteiger partial charge in [-0.1, -0.05) is 18.2 Å². The molecule has 0 aliphatic rings. The van der Waals surface area contributed by atoms with Crippen LogP contribution in [-0.2, 0) is 4.79 Å². The number of carbonyl (C=O) groups excluding carboxylic acids is 1. The Morgan fingerprint density at radius 2 is 1.94 bits per heavy atom. The van der Waals surface area contributed by atoms with Crippen molar-refractivity contribution in [1.29, 1.82) is 0 Å². The molecule has 4 aromatic heterocycles. The van der Waals surface area contributed by atoms with Crippen molar-refractivity contribution in [2.75, 3.05) is 5.32 Å². The van der Waals surface area contributed by atoms with E-state index in [-0.39, 0.29) is 11.5 Å². The number of anilines is 1. The fourth-order valence-electron chi connectivity index (χ4n) is 3.69. The zero-order valence-electron chi connectivity index (χ0n) is 18.3. The van der Waals surface area contributed by atoms with Crippen LogP contribution in [-0.4, -0.2) is 34.9 Å². The maximum atomic E-state index is 13.1. The van der Waals surface area contributed by atoms with Gasteiger partial charge in [-0.3, -0.25) is 14.0 Å². The predicted octanol–water partition coefficient (Wildman–Crippen LogP) is 3.62. The number of amides is 1. The van der Waals surface area contributed by atoms with Crippen LogP contribution >= 0.6 is 11.3 Å². The fraction of sp³-hybridized carbons (Fsp3) is 0.174. The van der Waals surface area contributed by atoms with Gasteiger partial charge in [-0.25, -0.2) is 14.3 Å². The van der Waals surface area contributed by atoms with Crippen molar-refractivity contribution in [2.45, 2.75) is 26.8 Å². The van der Waals surface area contributed by atoms with Gasteiger partial charge < -0.3 is 5.32 Å². The number of thiazole rings is 1. The highest BCUT2D eigenvalue weighted by atomic mass is 32.1. The van der Waals surface area contributed by atoms with E-state index in [1.54, 1.807) is 17.7 Å². The molecule has 5 aromatic rings. The number of carbonyl (C=O) groups is 1. The Morgan fingerprint density at radius 3 is 2.70 bits per heavy atom. The molecule has 1 amide bonds. The summed E-state index contributed by atoms with van der Waals surface area (Å²) in [5, 5.41) is 13.7. The van der Waals surface area contributed by atoms with Crippen LogP contribution < -0.4 is 10.9 Å². The Bertz CT molecular complexity index is 1510. The van der Waals surface area contributed by atoms with Crippen LogP contribution in [0.2, 0.25) is 0 Å². The number of para-hydroxylation sites is 1. The molecule has 9 nitrogen and oxygen atoms in total. The summed E-state index contributed by atoms with van der Waals surface area (Å²) in [5.41, 5.74) is 3.52. The molecular formula is C23H21N7O2S. The number of aryl methyl sites for hydroxylation is 2. The van der Waals surface area contributed by atoms with Crippen LogP contribution in [0, 0.1) is 13.8 Å². The van der Waals surface area contributed by atoms with Crippen molar-refractivity contribution >= 4 is 27.9 Å². The quantitative estimate of drug-likeness (QED) is 0.433. The summed E-state index contributed by atoms with van der Waals surface area (Å²) < 4.78 is 4.76. The first-order valence-corrected chi connectivity index (χ1v) is 11.2. The maximum absolute atomic E-state index is 13.1. The molecule has 0 saturated carbocycles. The minimum absolute atomic E-state index is 0.358. The van der Waals surface area contributed by atoms with Crippen molar-refractivity contribution in [3.63, 3.8) is 0 Å². The van der Waals surface area contributed by atoms with Gasteiger partial charge in [0.15, 0.2) is 10.8 Å². The van der Waals surface area contributed by atoms with Gasteiger partial charge in [0.25, 0.3) is 5.56 Å². The average Bonchev–Trinajstić information content (AvgIpc) is 3.49. The smallest absolute Gasteiger partial charge is 0.267 e. The predicted molar refractivity (Wildman–Crippen MR) is 127 cm³/mol. The highest BCUT2D eigenvalue weighted by Gasteiger charge is 2.20. The number of benzene rings is 1. The number of rotatable bonds is 5. The van der Waals surface area contributed by atoms with Gasteiger partial charge in [0.05, 0.1) is 17.1 Å². The second kappa shape index (κ2) is 8.14. The lowest BCUT2D eigenvalue weighted by Gasteiger charge is -2.16. The fourth-order valence-corrected chi connectivity index (χ4v) is 4.39. The van der Waals surface area contributed by atoms with Gasteiger partial charge in [-0.2, -0.15) is 5.10 Å². The highest BCUT2D eigenvalue weighted by Crippen LogP contribution is 2.29. The Morgan fingerprint density at radius 1 is 1.12 bits per heavy atom. The third kappa shape index (κ3) is 3.85. The molecule has 0 aliphatic heterocycles. The molecule has 1 atom stereocenters. The van der Waals surface area contributed by atoms with E-state index in [1.807, 2.05) is 66.4 Å². The first-order chi connectivity index (χ1) is 15.9. The third-order valence-electron chi connectivity index (χ3n) is 5.34. The first kappa shape index (κ1) is 20.8. The van der Waals surface area contributed by atoms with Crippen LogP contribution in [0.25, 0.3) is 22.0 Å². The number of nitrogens with one attached hydrogen (secondary N) is 1. The summed E-state index contributed by atoms with van der Waals surface area (Å²) in [6, 6.07) is 11.5. The lowest BCUT2D eigenvalue weighted by atomic mass is 10.1. The molecule has 1 unspecified atom stereocenters. The van der Waals surface area contributed by atoms with E-state index in [2.05, 4.69) is 20.5 Å². The van der Waals surface area contributed by atoms with Crippen molar-refractivity contribution in [3.8, 4) is 17.1 Å². The zero-order valence-corrected chi connectivity index (χ0v) is 19.1. The number of fused-ring (bicyclic) bond motifs is 1. The molecule has 1 N–H and O–H groups in total. The van der Waals surface area contributed by atoms with Crippen LogP contribution in [0.5, 0.6) is 0 Å². The van der Waals surface area contributed by atoms with Crippen molar-refractivity contribution < 1.29 is 4.79 Å². The molecule has 0 saturated heterocycles. The normalized spacial score (nSPS) is 12.2. The number of hydrogen-bond donors (Lipinski definition) is 1. The van der Waals surface area contributed by atoms with Crippen molar-refractivity contribution in [1.82, 2.24) is 28.9 Å². The Labute approximate surface area is 193 Å². The summed E-state index contributed by atoms with van der Waals surface area (Å²) in [7, 11) is 0. The molecule has 4 heterocycles. The Balaban J connectivity index is 1.44. The van der Waals surface area contributed by atoms with Crippen LogP contribution in [0.1, 0.15) is 24.4 Å². The summed E-state index contributed by atoms with van der Waals surface area (Å²) in [6.07, 6.45) is 3.86. The standard InChI is InChI=1S/C23H21N7O2S/c1-14-12-15(2)29(26-14)20-8-9-21(31)30(27-20)16(3)22(32)24-18-7-5-4-6-17(18)19-13-28-10-11-33-23(28)25-19/h4-13,16H,1-3H3,(H,24,32). The van der Waals surface area contributed by atoms with Crippen LogP contribution in [0.3, 0.4) is 0 Å². The van der Waals surface area contributed by atoms with Gasteiger partial charge in [0, 0.05) is 35.1 Å². The molecule has 0 bridgehead atoms. The molecule has 0 spiro atoms.